The molecule has 0 aromatic carbocycles. The van der Waals surface area contributed by atoms with Gasteiger partial charge in [-0.05, 0) is 5.92 Å². The van der Waals surface area contributed by atoms with Crippen molar-refractivity contribution in [2.45, 2.75) is 19.8 Å². The van der Waals surface area contributed by atoms with Crippen LogP contribution in [0.2, 0.25) is 0 Å². The summed E-state index contributed by atoms with van der Waals surface area (Å²) in [5.74, 6) is 0.523. The molecule has 2 heterocycles. The number of hydrogen-bond donors (Lipinski definition) is 0. The third-order valence-electron chi connectivity index (χ3n) is 2.06. The van der Waals surface area contributed by atoms with Gasteiger partial charge in [0.15, 0.2) is 5.75 Å². The van der Waals surface area contributed by atoms with Gasteiger partial charge in [0.1, 0.15) is 19.0 Å². The molecule has 0 N–H and O–H groups in total. The van der Waals surface area contributed by atoms with Crippen molar-refractivity contribution >= 4 is 0 Å². The SMILES string of the molecule is CC(C)c1nc2c(cc1F)OCCO2. The first-order valence-corrected chi connectivity index (χ1v) is 4.64. The van der Waals surface area contributed by atoms with Gasteiger partial charge in [0, 0.05) is 6.07 Å². The van der Waals surface area contributed by atoms with E-state index in [0.29, 0.717) is 30.5 Å². The summed E-state index contributed by atoms with van der Waals surface area (Å²) in [7, 11) is 0. The average molecular weight is 197 g/mol. The molecule has 2 rings (SSSR count). The van der Waals surface area contributed by atoms with Crippen LogP contribution in [-0.2, 0) is 0 Å². The first-order valence-electron chi connectivity index (χ1n) is 4.64. The van der Waals surface area contributed by atoms with Crippen LogP contribution in [-0.4, -0.2) is 18.2 Å². The van der Waals surface area contributed by atoms with E-state index < -0.39 is 0 Å². The largest absolute Gasteiger partial charge is 0.484 e. The van der Waals surface area contributed by atoms with Gasteiger partial charge < -0.3 is 9.47 Å². The van der Waals surface area contributed by atoms with Crippen molar-refractivity contribution in [2.75, 3.05) is 13.2 Å². The molecule has 1 aliphatic heterocycles. The fraction of sp³-hybridized carbons (Fsp3) is 0.500. The second-order valence-corrected chi connectivity index (χ2v) is 3.51. The Hall–Kier alpha value is -1.32. The molecular formula is C10H12FNO2. The molecule has 0 radical (unpaired) electrons. The summed E-state index contributed by atoms with van der Waals surface area (Å²) in [4.78, 5) is 4.09. The van der Waals surface area contributed by atoms with Crippen LogP contribution in [0.1, 0.15) is 25.5 Å². The van der Waals surface area contributed by atoms with Crippen molar-refractivity contribution in [1.82, 2.24) is 4.98 Å². The van der Waals surface area contributed by atoms with Crippen LogP contribution >= 0.6 is 0 Å². The summed E-state index contributed by atoms with van der Waals surface area (Å²) in [6, 6.07) is 1.34. The Kier molecular flexibility index (Phi) is 2.27. The fourth-order valence-electron chi connectivity index (χ4n) is 1.37. The van der Waals surface area contributed by atoms with Crippen molar-refractivity contribution < 1.29 is 13.9 Å². The molecule has 0 saturated carbocycles. The summed E-state index contributed by atoms with van der Waals surface area (Å²) in [6.45, 7) is 4.71. The van der Waals surface area contributed by atoms with E-state index in [1.54, 1.807) is 0 Å². The predicted octanol–water partition coefficient (Wildman–Crippen LogP) is 2.12. The van der Waals surface area contributed by atoms with Gasteiger partial charge in [-0.3, -0.25) is 0 Å². The van der Waals surface area contributed by atoms with Crippen molar-refractivity contribution in [3.8, 4) is 11.6 Å². The van der Waals surface area contributed by atoms with E-state index in [1.165, 1.54) is 6.07 Å². The van der Waals surface area contributed by atoms with Crippen LogP contribution in [0.5, 0.6) is 11.6 Å². The van der Waals surface area contributed by atoms with Gasteiger partial charge in [0.05, 0.1) is 5.69 Å². The van der Waals surface area contributed by atoms with E-state index in [0.717, 1.165) is 0 Å². The third kappa shape index (κ3) is 1.52. The maximum absolute atomic E-state index is 13.4. The lowest BCUT2D eigenvalue weighted by atomic mass is 10.1. The lowest BCUT2D eigenvalue weighted by Crippen LogP contribution is -2.17. The van der Waals surface area contributed by atoms with Crippen LogP contribution < -0.4 is 9.47 Å². The lowest BCUT2D eigenvalue weighted by Gasteiger charge is -2.18. The van der Waals surface area contributed by atoms with E-state index in [1.807, 2.05) is 13.8 Å². The molecule has 1 aliphatic rings. The molecular weight excluding hydrogens is 185 g/mol. The normalized spacial score (nSPS) is 14.6. The molecule has 1 aromatic heterocycles. The zero-order valence-electron chi connectivity index (χ0n) is 8.21. The van der Waals surface area contributed by atoms with E-state index >= 15 is 0 Å². The smallest absolute Gasteiger partial charge is 0.257 e. The Bertz CT molecular complexity index is 352. The standard InChI is InChI=1S/C10H12FNO2/c1-6(2)9-7(11)5-8-10(12-9)14-4-3-13-8/h5-6H,3-4H2,1-2H3. The maximum Gasteiger partial charge on any atom is 0.257 e. The van der Waals surface area contributed by atoms with Gasteiger partial charge in [-0.1, -0.05) is 13.8 Å². The molecule has 0 bridgehead atoms. The van der Waals surface area contributed by atoms with E-state index in [-0.39, 0.29) is 11.7 Å². The van der Waals surface area contributed by atoms with Gasteiger partial charge >= 0.3 is 0 Å². The molecule has 0 spiro atoms. The number of hydrogen-bond acceptors (Lipinski definition) is 3. The molecule has 0 atom stereocenters. The molecule has 0 amide bonds. The summed E-state index contributed by atoms with van der Waals surface area (Å²) in [5, 5.41) is 0. The van der Waals surface area contributed by atoms with Crippen LogP contribution in [0.25, 0.3) is 0 Å². The molecule has 76 valence electrons. The first kappa shape index (κ1) is 9.24. The van der Waals surface area contributed by atoms with Crippen molar-refractivity contribution in [2.24, 2.45) is 0 Å². The number of nitrogens with zero attached hydrogens (tertiary/aromatic N) is 1. The summed E-state index contributed by atoms with van der Waals surface area (Å²) in [5.41, 5.74) is 0.425. The minimum absolute atomic E-state index is 0.0471. The third-order valence-corrected chi connectivity index (χ3v) is 2.06. The molecule has 0 saturated heterocycles. The highest BCUT2D eigenvalue weighted by atomic mass is 19.1. The number of ether oxygens (including phenoxy) is 2. The van der Waals surface area contributed by atoms with E-state index in [4.69, 9.17) is 9.47 Å². The van der Waals surface area contributed by atoms with Gasteiger partial charge in [-0.15, -0.1) is 0 Å². The zero-order valence-corrected chi connectivity index (χ0v) is 8.21. The molecule has 0 fully saturated rings. The number of fused-ring (bicyclic) bond motifs is 1. The number of halogens is 1. The van der Waals surface area contributed by atoms with Gasteiger partial charge in [0.25, 0.3) is 5.88 Å². The number of pyridine rings is 1. The Morgan fingerprint density at radius 1 is 1.36 bits per heavy atom. The van der Waals surface area contributed by atoms with Gasteiger partial charge in [-0.2, -0.15) is 0 Å². The van der Waals surface area contributed by atoms with Crippen LogP contribution in [0.4, 0.5) is 4.39 Å². The molecule has 0 aliphatic carbocycles. The monoisotopic (exact) mass is 197 g/mol. The van der Waals surface area contributed by atoms with Crippen molar-refractivity contribution in [3.63, 3.8) is 0 Å². The van der Waals surface area contributed by atoms with E-state index in [2.05, 4.69) is 4.98 Å². The molecule has 3 nitrogen and oxygen atoms in total. The van der Waals surface area contributed by atoms with Gasteiger partial charge in [-0.25, -0.2) is 9.37 Å². The molecule has 14 heavy (non-hydrogen) atoms. The summed E-state index contributed by atoms with van der Waals surface area (Å²) < 4.78 is 23.9. The highest BCUT2D eigenvalue weighted by molar-refractivity contribution is 5.37. The second kappa shape index (κ2) is 3.44. The number of rotatable bonds is 1. The highest BCUT2D eigenvalue weighted by Gasteiger charge is 2.18. The van der Waals surface area contributed by atoms with Crippen molar-refractivity contribution in [1.29, 1.82) is 0 Å². The second-order valence-electron chi connectivity index (χ2n) is 3.51. The Balaban J connectivity index is 2.45. The molecule has 1 aromatic rings. The van der Waals surface area contributed by atoms with E-state index in [9.17, 15) is 4.39 Å². The summed E-state index contributed by atoms with van der Waals surface area (Å²) in [6.07, 6.45) is 0. The fourth-order valence-corrected chi connectivity index (χ4v) is 1.37. The minimum Gasteiger partial charge on any atom is -0.484 e. The Morgan fingerprint density at radius 2 is 2.07 bits per heavy atom. The van der Waals surface area contributed by atoms with Crippen molar-refractivity contribution in [3.05, 3.63) is 17.6 Å². The average Bonchev–Trinajstić information content (AvgIpc) is 2.16. The highest BCUT2D eigenvalue weighted by Crippen LogP contribution is 2.31. The molecule has 0 unspecified atom stereocenters. The number of aromatic nitrogens is 1. The minimum atomic E-state index is -0.329. The maximum atomic E-state index is 13.4. The topological polar surface area (TPSA) is 31.4 Å². The predicted molar refractivity (Wildman–Crippen MR) is 49.3 cm³/mol. The summed E-state index contributed by atoms with van der Waals surface area (Å²) >= 11 is 0. The quantitative estimate of drug-likeness (QED) is 0.691. The lowest BCUT2D eigenvalue weighted by molar-refractivity contribution is 0.162. The Morgan fingerprint density at radius 3 is 2.79 bits per heavy atom. The first-order chi connectivity index (χ1) is 6.68. The Labute approximate surface area is 81.9 Å². The van der Waals surface area contributed by atoms with Gasteiger partial charge in [0.2, 0.25) is 0 Å². The molecule has 4 heteroatoms. The van der Waals surface area contributed by atoms with Crippen LogP contribution in [0.15, 0.2) is 6.07 Å². The zero-order chi connectivity index (χ0) is 10.1. The van der Waals surface area contributed by atoms with Crippen LogP contribution in [0.3, 0.4) is 0 Å². The van der Waals surface area contributed by atoms with Crippen LogP contribution in [0, 0.1) is 5.82 Å².